The Morgan fingerprint density at radius 2 is 0.833 bits per heavy atom. The maximum Gasteiger partial charge on any atom is 0.331 e. The lowest BCUT2D eigenvalue weighted by molar-refractivity contribution is -0.135. The van der Waals surface area contributed by atoms with Gasteiger partial charge < -0.3 is 10.2 Å². The monoisotopic (exact) mass is 424 g/mol. The van der Waals surface area contributed by atoms with Crippen LogP contribution in [0.1, 0.15) is 142 Å². The molecule has 0 unspecified atom stereocenters. The average Bonchev–Trinajstić information content (AvgIpc) is 2.71. The fourth-order valence-corrected chi connectivity index (χ4v) is 3.96. The Balaban J connectivity index is 3.25. The summed E-state index contributed by atoms with van der Waals surface area (Å²) in [5, 5.41) is 17.6. The molecule has 4 heteroatoms. The Bertz CT molecular complexity index is 442. The van der Waals surface area contributed by atoms with Gasteiger partial charge in [0.05, 0.1) is 0 Å². The van der Waals surface area contributed by atoms with Crippen molar-refractivity contribution in [1.82, 2.24) is 0 Å². The average molecular weight is 425 g/mol. The van der Waals surface area contributed by atoms with Crippen molar-refractivity contribution in [2.24, 2.45) is 0 Å². The number of carboxylic acids is 2. The van der Waals surface area contributed by atoms with Crippen molar-refractivity contribution < 1.29 is 19.8 Å². The van der Waals surface area contributed by atoms with Gasteiger partial charge >= 0.3 is 11.9 Å². The molecular weight excluding hydrogens is 376 g/mol. The first-order valence-electron chi connectivity index (χ1n) is 12.7. The van der Waals surface area contributed by atoms with Gasteiger partial charge in [0.15, 0.2) is 0 Å². The molecule has 0 aliphatic carbocycles. The fourth-order valence-electron chi connectivity index (χ4n) is 3.96. The number of carboxylic acid groups (broad SMARTS) is 2. The van der Waals surface area contributed by atoms with Gasteiger partial charge in [-0.2, -0.15) is 0 Å². The van der Waals surface area contributed by atoms with Gasteiger partial charge in [-0.15, -0.1) is 0 Å². The summed E-state index contributed by atoms with van der Waals surface area (Å²) in [6.07, 6.45) is 27.4. The van der Waals surface area contributed by atoms with Crippen LogP contribution in [0.5, 0.6) is 0 Å². The van der Waals surface area contributed by atoms with Crippen molar-refractivity contribution in [2.45, 2.75) is 142 Å². The summed E-state index contributed by atoms with van der Waals surface area (Å²) in [5.41, 5.74) is 0.00455. The summed E-state index contributed by atoms with van der Waals surface area (Å²) in [6.45, 7) is 2.27. The number of carbonyl (C=O) groups is 2. The highest BCUT2D eigenvalue weighted by Crippen LogP contribution is 2.16. The van der Waals surface area contributed by atoms with Crippen LogP contribution in [0.15, 0.2) is 11.6 Å². The summed E-state index contributed by atoms with van der Waals surface area (Å²) in [6, 6.07) is 0. The summed E-state index contributed by atoms with van der Waals surface area (Å²) < 4.78 is 0. The second-order valence-corrected chi connectivity index (χ2v) is 8.78. The Kier molecular flexibility index (Phi) is 21.4. The van der Waals surface area contributed by atoms with Crippen LogP contribution in [-0.4, -0.2) is 22.2 Å². The molecule has 0 radical (unpaired) electrons. The molecule has 0 atom stereocenters. The summed E-state index contributed by atoms with van der Waals surface area (Å²) in [7, 11) is 0. The lowest BCUT2D eigenvalue weighted by Gasteiger charge is -2.04. The zero-order valence-electron chi connectivity index (χ0n) is 19.6. The first-order valence-corrected chi connectivity index (χ1v) is 12.7. The van der Waals surface area contributed by atoms with Crippen LogP contribution in [0.3, 0.4) is 0 Å². The van der Waals surface area contributed by atoms with E-state index in [1.54, 1.807) is 0 Å². The van der Waals surface area contributed by atoms with Gasteiger partial charge in [0.1, 0.15) is 0 Å². The van der Waals surface area contributed by atoms with Gasteiger partial charge in [-0.1, -0.05) is 129 Å². The maximum atomic E-state index is 10.9. The van der Waals surface area contributed by atoms with Gasteiger partial charge in [0.2, 0.25) is 0 Å². The standard InChI is InChI=1S/C26H48O4/c1-2-3-4-5-6-7-8-9-10-11-12-13-14-15-16-17-18-19-20-21-22-24(26(29)30)23-25(27)28/h23H,2-22H2,1H3,(H,27,28)(H,29,30)/b24-23+. The van der Waals surface area contributed by atoms with E-state index in [1.165, 1.54) is 109 Å². The number of hydrogen-bond donors (Lipinski definition) is 2. The van der Waals surface area contributed by atoms with Crippen molar-refractivity contribution in [3.63, 3.8) is 0 Å². The molecule has 0 spiro atoms. The second kappa shape index (κ2) is 22.4. The second-order valence-electron chi connectivity index (χ2n) is 8.78. The van der Waals surface area contributed by atoms with Gasteiger partial charge in [-0.25, -0.2) is 9.59 Å². The first-order chi connectivity index (χ1) is 14.6. The fraction of sp³-hybridized carbons (Fsp3) is 0.846. The van der Waals surface area contributed by atoms with E-state index >= 15 is 0 Å². The molecule has 0 fully saturated rings. The highest BCUT2D eigenvalue weighted by molar-refractivity contribution is 5.94. The van der Waals surface area contributed by atoms with E-state index in [-0.39, 0.29) is 5.57 Å². The van der Waals surface area contributed by atoms with E-state index in [0.29, 0.717) is 6.42 Å². The highest BCUT2D eigenvalue weighted by Gasteiger charge is 2.08. The van der Waals surface area contributed by atoms with Crippen molar-refractivity contribution >= 4 is 11.9 Å². The Morgan fingerprint density at radius 3 is 1.10 bits per heavy atom. The van der Waals surface area contributed by atoms with Crippen molar-refractivity contribution in [3.8, 4) is 0 Å². The number of hydrogen-bond acceptors (Lipinski definition) is 2. The third-order valence-corrected chi connectivity index (χ3v) is 5.87. The predicted octanol–water partition coefficient (Wildman–Crippen LogP) is 8.29. The summed E-state index contributed by atoms with van der Waals surface area (Å²) in [5.74, 6) is -2.30. The lowest BCUT2D eigenvalue weighted by Crippen LogP contribution is -2.04. The minimum atomic E-state index is -1.18. The van der Waals surface area contributed by atoms with Crippen LogP contribution in [0, 0.1) is 0 Å². The molecule has 0 aromatic rings. The molecule has 0 aliphatic heterocycles. The molecule has 4 nitrogen and oxygen atoms in total. The minimum absolute atomic E-state index is 0.00455. The smallest absolute Gasteiger partial charge is 0.331 e. The maximum absolute atomic E-state index is 10.9. The molecule has 0 aliphatic rings. The zero-order valence-corrected chi connectivity index (χ0v) is 19.6. The van der Waals surface area contributed by atoms with Gasteiger partial charge in [0, 0.05) is 11.6 Å². The van der Waals surface area contributed by atoms with Crippen LogP contribution in [0.4, 0.5) is 0 Å². The minimum Gasteiger partial charge on any atom is -0.478 e. The Morgan fingerprint density at radius 1 is 0.533 bits per heavy atom. The van der Waals surface area contributed by atoms with Crippen LogP contribution >= 0.6 is 0 Å². The molecule has 176 valence electrons. The van der Waals surface area contributed by atoms with Gasteiger partial charge in [0.25, 0.3) is 0 Å². The first kappa shape index (κ1) is 28.7. The number of unbranched alkanes of at least 4 members (excludes halogenated alkanes) is 19. The van der Waals surface area contributed by atoms with E-state index < -0.39 is 11.9 Å². The van der Waals surface area contributed by atoms with E-state index in [0.717, 1.165) is 25.3 Å². The summed E-state index contributed by atoms with van der Waals surface area (Å²) in [4.78, 5) is 21.5. The molecule has 0 saturated carbocycles. The van der Waals surface area contributed by atoms with E-state index in [9.17, 15) is 9.59 Å². The molecule has 0 aromatic heterocycles. The molecule has 0 heterocycles. The SMILES string of the molecule is CCCCCCCCCCCCCCCCCCCCCC/C(=C\C(=O)O)C(=O)O. The topological polar surface area (TPSA) is 74.6 Å². The van der Waals surface area contributed by atoms with Crippen molar-refractivity contribution in [2.75, 3.05) is 0 Å². The molecule has 0 amide bonds. The molecule has 2 N–H and O–H groups in total. The van der Waals surface area contributed by atoms with Crippen LogP contribution in [0.25, 0.3) is 0 Å². The largest absolute Gasteiger partial charge is 0.478 e. The third kappa shape index (κ3) is 21.4. The van der Waals surface area contributed by atoms with Gasteiger partial charge in [-0.05, 0) is 12.8 Å². The molecule has 0 rings (SSSR count). The summed E-state index contributed by atoms with van der Waals surface area (Å²) >= 11 is 0. The molecule has 0 bridgehead atoms. The molecule has 0 aromatic carbocycles. The van der Waals surface area contributed by atoms with E-state index in [2.05, 4.69) is 6.92 Å². The molecule has 0 saturated heterocycles. The quantitative estimate of drug-likeness (QED) is 0.128. The van der Waals surface area contributed by atoms with Gasteiger partial charge in [-0.3, -0.25) is 0 Å². The highest BCUT2D eigenvalue weighted by atomic mass is 16.4. The predicted molar refractivity (Wildman–Crippen MR) is 126 cm³/mol. The van der Waals surface area contributed by atoms with Crippen LogP contribution in [-0.2, 0) is 9.59 Å². The van der Waals surface area contributed by atoms with Crippen LogP contribution in [0.2, 0.25) is 0 Å². The molecular formula is C26H48O4. The normalized spacial score (nSPS) is 11.7. The Labute approximate surface area is 185 Å². The van der Waals surface area contributed by atoms with E-state index in [1.807, 2.05) is 0 Å². The number of aliphatic carboxylic acids is 2. The number of rotatable bonds is 23. The molecule has 30 heavy (non-hydrogen) atoms. The van der Waals surface area contributed by atoms with Crippen molar-refractivity contribution in [1.29, 1.82) is 0 Å². The lowest BCUT2D eigenvalue weighted by atomic mass is 10.0. The van der Waals surface area contributed by atoms with E-state index in [4.69, 9.17) is 10.2 Å². The zero-order chi connectivity index (χ0) is 22.3. The van der Waals surface area contributed by atoms with Crippen LogP contribution < -0.4 is 0 Å². The Hall–Kier alpha value is -1.32. The van der Waals surface area contributed by atoms with Crippen molar-refractivity contribution in [3.05, 3.63) is 11.6 Å². The third-order valence-electron chi connectivity index (χ3n) is 5.87.